The second-order valence-corrected chi connectivity index (χ2v) is 5.97. The number of hydrogen-bond donors (Lipinski definition) is 1. The fourth-order valence-corrected chi connectivity index (χ4v) is 2.77. The van der Waals surface area contributed by atoms with Crippen LogP contribution in [0.4, 0.5) is 0 Å². The first-order chi connectivity index (χ1) is 13.1. The van der Waals surface area contributed by atoms with E-state index >= 15 is 0 Å². The highest BCUT2D eigenvalue weighted by atomic mass is 16.7. The molecule has 0 saturated heterocycles. The predicted octanol–water partition coefficient (Wildman–Crippen LogP) is 5.01. The van der Waals surface area contributed by atoms with Gasteiger partial charge in [-0.15, -0.1) is 0 Å². The van der Waals surface area contributed by atoms with Crippen molar-refractivity contribution in [3.8, 4) is 34.5 Å². The average Bonchev–Trinajstić information content (AvgIpc) is 3.09. The van der Waals surface area contributed by atoms with Gasteiger partial charge in [0.05, 0.1) is 0 Å². The molecule has 3 aromatic rings. The van der Waals surface area contributed by atoms with Crippen molar-refractivity contribution in [1.29, 1.82) is 0 Å². The van der Waals surface area contributed by atoms with Gasteiger partial charge in [-0.1, -0.05) is 18.2 Å². The van der Waals surface area contributed by atoms with Crippen molar-refractivity contribution in [1.82, 2.24) is 0 Å². The number of carboxylic acids is 1. The average molecular weight is 364 g/mol. The zero-order valence-corrected chi connectivity index (χ0v) is 14.5. The number of aromatic carboxylic acids is 1. The second-order valence-electron chi connectivity index (χ2n) is 5.97. The van der Waals surface area contributed by atoms with Crippen molar-refractivity contribution in [2.24, 2.45) is 0 Å². The molecular weight excluding hydrogens is 348 g/mol. The monoisotopic (exact) mass is 364 g/mol. The van der Waals surface area contributed by atoms with Crippen LogP contribution >= 0.6 is 0 Å². The third-order valence-corrected chi connectivity index (χ3v) is 3.99. The molecule has 0 aromatic heterocycles. The first-order valence-electron chi connectivity index (χ1n) is 8.28. The van der Waals surface area contributed by atoms with E-state index in [1.54, 1.807) is 42.5 Å². The van der Waals surface area contributed by atoms with Gasteiger partial charge in [-0.3, -0.25) is 0 Å². The van der Waals surface area contributed by atoms with Crippen LogP contribution in [0.3, 0.4) is 0 Å². The lowest BCUT2D eigenvalue weighted by atomic mass is 10.1. The van der Waals surface area contributed by atoms with Crippen molar-refractivity contribution in [2.45, 2.75) is 6.92 Å². The summed E-state index contributed by atoms with van der Waals surface area (Å²) in [6, 6.07) is 17.3. The minimum Gasteiger partial charge on any atom is -0.477 e. The fraction of sp³-hybridized carbons (Fsp3) is 0.0952. The summed E-state index contributed by atoms with van der Waals surface area (Å²) in [5.74, 6) is 1.40. The Bertz CT molecular complexity index is 1010. The molecule has 1 N–H and O–H groups in total. The first-order valence-corrected chi connectivity index (χ1v) is 8.28. The summed E-state index contributed by atoms with van der Waals surface area (Å²) in [6.07, 6.45) is 0. The molecule has 3 aromatic carbocycles. The van der Waals surface area contributed by atoms with Crippen molar-refractivity contribution in [3.63, 3.8) is 0 Å². The molecule has 4 rings (SSSR count). The molecule has 0 amide bonds. The lowest BCUT2D eigenvalue weighted by Gasteiger charge is -2.14. The maximum Gasteiger partial charge on any atom is 0.343 e. The van der Waals surface area contributed by atoms with E-state index in [0.717, 1.165) is 5.56 Å². The van der Waals surface area contributed by atoms with Gasteiger partial charge in [0.2, 0.25) is 6.79 Å². The van der Waals surface area contributed by atoms with Crippen molar-refractivity contribution in [3.05, 3.63) is 71.8 Å². The normalized spacial score (nSPS) is 11.9. The summed E-state index contributed by atoms with van der Waals surface area (Å²) < 4.78 is 22.2. The largest absolute Gasteiger partial charge is 0.477 e. The minimum atomic E-state index is -1.14. The summed E-state index contributed by atoms with van der Waals surface area (Å²) >= 11 is 0. The number of ether oxygens (including phenoxy) is 4. The first kappa shape index (κ1) is 16.8. The number of aryl methyl sites for hydroxylation is 1. The molecular formula is C21H16O6. The van der Waals surface area contributed by atoms with E-state index in [1.165, 1.54) is 0 Å². The SMILES string of the molecule is Cc1cccc(Oc2cccc(Oc3ccc4c(c3)OCO4)c2C(=O)O)c1. The van der Waals surface area contributed by atoms with Gasteiger partial charge in [-0.2, -0.15) is 0 Å². The molecule has 0 radical (unpaired) electrons. The number of carbonyl (C=O) groups is 1. The standard InChI is InChI=1S/C21H16O6/c1-13-4-2-5-14(10-13)26-17-6-3-7-18(20(17)21(22)23)27-15-8-9-16-19(11-15)25-12-24-16/h2-11H,12H2,1H3,(H,22,23). The third-order valence-electron chi connectivity index (χ3n) is 3.99. The van der Waals surface area contributed by atoms with Gasteiger partial charge in [-0.25, -0.2) is 4.79 Å². The maximum absolute atomic E-state index is 11.9. The molecule has 1 aliphatic heterocycles. The zero-order chi connectivity index (χ0) is 18.8. The molecule has 27 heavy (non-hydrogen) atoms. The van der Waals surface area contributed by atoms with Gasteiger partial charge in [0.1, 0.15) is 28.6 Å². The van der Waals surface area contributed by atoms with Crippen molar-refractivity contribution < 1.29 is 28.8 Å². The van der Waals surface area contributed by atoms with Crippen LogP contribution < -0.4 is 18.9 Å². The molecule has 136 valence electrons. The minimum absolute atomic E-state index is 0.0586. The molecule has 0 saturated carbocycles. The molecule has 0 aliphatic carbocycles. The zero-order valence-electron chi connectivity index (χ0n) is 14.5. The van der Waals surface area contributed by atoms with Gasteiger partial charge in [0.25, 0.3) is 0 Å². The summed E-state index contributed by atoms with van der Waals surface area (Å²) in [5.41, 5.74) is 0.953. The third kappa shape index (κ3) is 3.50. The van der Waals surface area contributed by atoms with Crippen LogP contribution in [0, 0.1) is 6.92 Å². The highest BCUT2D eigenvalue weighted by molar-refractivity contribution is 5.94. The molecule has 0 unspecified atom stereocenters. The summed E-state index contributed by atoms with van der Waals surface area (Å²) in [6.45, 7) is 2.09. The quantitative estimate of drug-likeness (QED) is 0.686. The number of rotatable bonds is 5. The van der Waals surface area contributed by atoms with Crippen LogP contribution in [-0.4, -0.2) is 17.9 Å². The van der Waals surface area contributed by atoms with E-state index in [4.69, 9.17) is 18.9 Å². The molecule has 6 nitrogen and oxygen atoms in total. The van der Waals surface area contributed by atoms with Gasteiger partial charge in [0.15, 0.2) is 11.5 Å². The molecule has 6 heteroatoms. The Labute approximate surface area is 155 Å². The maximum atomic E-state index is 11.9. The van der Waals surface area contributed by atoms with E-state index in [1.807, 2.05) is 25.1 Å². The fourth-order valence-electron chi connectivity index (χ4n) is 2.77. The van der Waals surface area contributed by atoms with Gasteiger partial charge < -0.3 is 24.1 Å². The lowest BCUT2D eigenvalue weighted by molar-refractivity contribution is 0.0691. The molecule has 0 fully saturated rings. The second kappa shape index (κ2) is 6.92. The van der Waals surface area contributed by atoms with Crippen LogP contribution in [0.15, 0.2) is 60.7 Å². The Balaban J connectivity index is 1.67. The lowest BCUT2D eigenvalue weighted by Crippen LogP contribution is -2.03. The predicted molar refractivity (Wildman–Crippen MR) is 97.3 cm³/mol. The Kier molecular flexibility index (Phi) is 4.30. The van der Waals surface area contributed by atoms with Crippen molar-refractivity contribution >= 4 is 5.97 Å². The van der Waals surface area contributed by atoms with Crippen molar-refractivity contribution in [2.75, 3.05) is 6.79 Å². The van der Waals surface area contributed by atoms with Gasteiger partial charge >= 0.3 is 5.97 Å². The molecule has 1 aliphatic rings. The van der Waals surface area contributed by atoms with Crippen LogP contribution in [0.1, 0.15) is 15.9 Å². The Morgan fingerprint density at radius 3 is 2.26 bits per heavy atom. The molecule has 0 bridgehead atoms. The van der Waals surface area contributed by atoms with E-state index in [2.05, 4.69) is 0 Å². The summed E-state index contributed by atoms with van der Waals surface area (Å²) in [4.78, 5) is 11.9. The smallest absolute Gasteiger partial charge is 0.343 e. The Hall–Kier alpha value is -3.67. The van der Waals surface area contributed by atoms with Gasteiger partial charge in [-0.05, 0) is 48.9 Å². The Morgan fingerprint density at radius 2 is 1.56 bits per heavy atom. The summed E-state index contributed by atoms with van der Waals surface area (Å²) in [5, 5.41) is 9.71. The topological polar surface area (TPSA) is 74.2 Å². The number of benzene rings is 3. The Morgan fingerprint density at radius 1 is 0.889 bits per heavy atom. The van der Waals surface area contributed by atoms with Crippen LogP contribution in [0.25, 0.3) is 0 Å². The highest BCUT2D eigenvalue weighted by Crippen LogP contribution is 2.39. The summed E-state index contributed by atoms with van der Waals surface area (Å²) in [7, 11) is 0. The number of fused-ring (bicyclic) bond motifs is 1. The van der Waals surface area contributed by atoms with Crippen LogP contribution in [0.2, 0.25) is 0 Å². The van der Waals surface area contributed by atoms with E-state index in [0.29, 0.717) is 23.0 Å². The van der Waals surface area contributed by atoms with Crippen LogP contribution in [0.5, 0.6) is 34.5 Å². The highest BCUT2D eigenvalue weighted by Gasteiger charge is 2.20. The molecule has 1 heterocycles. The molecule has 0 atom stereocenters. The molecule has 0 spiro atoms. The van der Waals surface area contributed by atoms with Gasteiger partial charge in [0, 0.05) is 6.07 Å². The number of carboxylic acid groups (broad SMARTS) is 1. The van der Waals surface area contributed by atoms with E-state index in [-0.39, 0.29) is 23.9 Å². The van der Waals surface area contributed by atoms with E-state index in [9.17, 15) is 9.90 Å². The van der Waals surface area contributed by atoms with Crippen LogP contribution in [-0.2, 0) is 0 Å². The van der Waals surface area contributed by atoms with E-state index < -0.39 is 5.97 Å². The number of hydrogen-bond acceptors (Lipinski definition) is 5.